The van der Waals surface area contributed by atoms with Crippen molar-refractivity contribution < 1.29 is 34.5 Å². The van der Waals surface area contributed by atoms with Crippen LogP contribution in [0.4, 0.5) is 5.69 Å². The molecule has 21 heavy (non-hydrogen) atoms. The average Bonchev–Trinajstić information content (AvgIpc) is 2.36. The topological polar surface area (TPSA) is 141 Å². The lowest BCUT2D eigenvalue weighted by atomic mass is 10.00. The predicted octanol–water partition coefficient (Wildman–Crippen LogP) is 1.30. The summed E-state index contributed by atoms with van der Waals surface area (Å²) in [6, 6.07) is 1.76. The molecule has 4 N–H and O–H groups in total. The first-order chi connectivity index (χ1) is 9.66. The van der Waals surface area contributed by atoms with E-state index in [0.717, 1.165) is 12.1 Å². The molecule has 1 aromatic rings. The largest absolute Gasteiger partial charge is 0.478 e. The van der Waals surface area contributed by atoms with Crippen molar-refractivity contribution in [3.63, 3.8) is 0 Å². The number of carboxylic acid groups (broad SMARTS) is 3. The second kappa shape index (κ2) is 5.87. The SMILES string of the molecule is C=C(C)C(=O)Nc1c(C(=O)O)ccc(C(=O)O)c1C(=O)O. The highest BCUT2D eigenvalue weighted by Crippen LogP contribution is 2.26. The molecule has 1 rings (SSSR count). The molecule has 1 amide bonds. The summed E-state index contributed by atoms with van der Waals surface area (Å²) in [5, 5.41) is 29.2. The smallest absolute Gasteiger partial charge is 0.338 e. The van der Waals surface area contributed by atoms with E-state index in [4.69, 9.17) is 15.3 Å². The van der Waals surface area contributed by atoms with Crippen molar-refractivity contribution in [1.29, 1.82) is 0 Å². The van der Waals surface area contributed by atoms with Crippen LogP contribution in [0.3, 0.4) is 0 Å². The van der Waals surface area contributed by atoms with E-state index < -0.39 is 46.2 Å². The molecule has 0 saturated carbocycles. The van der Waals surface area contributed by atoms with Gasteiger partial charge < -0.3 is 20.6 Å². The Morgan fingerprint density at radius 3 is 1.81 bits per heavy atom. The van der Waals surface area contributed by atoms with Crippen LogP contribution in [0, 0.1) is 0 Å². The molecule has 0 atom stereocenters. The Hall–Kier alpha value is -3.16. The first-order valence-electron chi connectivity index (χ1n) is 5.50. The molecular formula is C13H11NO7. The molecule has 0 heterocycles. The molecule has 8 heteroatoms. The van der Waals surface area contributed by atoms with Gasteiger partial charge in [-0.2, -0.15) is 0 Å². The van der Waals surface area contributed by atoms with Gasteiger partial charge in [0.05, 0.1) is 22.4 Å². The third-order valence-electron chi connectivity index (χ3n) is 2.51. The minimum atomic E-state index is -1.67. The van der Waals surface area contributed by atoms with E-state index in [0.29, 0.717) is 0 Å². The fourth-order valence-corrected chi connectivity index (χ4v) is 1.53. The number of hydrogen-bond donors (Lipinski definition) is 4. The van der Waals surface area contributed by atoms with Gasteiger partial charge in [-0.15, -0.1) is 0 Å². The lowest BCUT2D eigenvalue weighted by Gasteiger charge is -2.13. The summed E-state index contributed by atoms with van der Waals surface area (Å²) in [6.45, 7) is 4.67. The highest BCUT2D eigenvalue weighted by Gasteiger charge is 2.26. The zero-order valence-corrected chi connectivity index (χ0v) is 10.8. The van der Waals surface area contributed by atoms with E-state index in [9.17, 15) is 19.2 Å². The molecule has 0 aromatic heterocycles. The molecule has 0 aliphatic carbocycles. The first kappa shape index (κ1) is 15.9. The summed E-state index contributed by atoms with van der Waals surface area (Å²) in [6.07, 6.45) is 0. The summed E-state index contributed by atoms with van der Waals surface area (Å²) in [4.78, 5) is 45.0. The van der Waals surface area contributed by atoms with Gasteiger partial charge in [-0.1, -0.05) is 6.58 Å². The number of carbonyl (C=O) groups is 4. The van der Waals surface area contributed by atoms with E-state index in [2.05, 4.69) is 11.9 Å². The number of anilines is 1. The molecule has 0 aliphatic rings. The minimum Gasteiger partial charge on any atom is -0.478 e. The fourth-order valence-electron chi connectivity index (χ4n) is 1.53. The molecule has 1 aromatic carbocycles. The summed E-state index contributed by atoms with van der Waals surface area (Å²) in [7, 11) is 0. The van der Waals surface area contributed by atoms with Crippen LogP contribution in [-0.2, 0) is 4.79 Å². The van der Waals surface area contributed by atoms with Gasteiger partial charge in [-0.05, 0) is 19.1 Å². The van der Waals surface area contributed by atoms with Crippen LogP contribution in [0.1, 0.15) is 38.0 Å². The Labute approximate surface area is 118 Å². The molecular weight excluding hydrogens is 282 g/mol. The van der Waals surface area contributed by atoms with Gasteiger partial charge in [0.25, 0.3) is 5.91 Å². The fraction of sp³-hybridized carbons (Fsp3) is 0.0769. The van der Waals surface area contributed by atoms with Crippen LogP contribution >= 0.6 is 0 Å². The molecule has 0 aliphatic heterocycles. The third-order valence-corrected chi connectivity index (χ3v) is 2.51. The van der Waals surface area contributed by atoms with Gasteiger partial charge >= 0.3 is 17.9 Å². The third kappa shape index (κ3) is 3.24. The molecule has 8 nitrogen and oxygen atoms in total. The Morgan fingerprint density at radius 2 is 1.43 bits per heavy atom. The summed E-state index contributed by atoms with van der Waals surface area (Å²) < 4.78 is 0. The number of nitrogens with one attached hydrogen (secondary N) is 1. The van der Waals surface area contributed by atoms with Crippen molar-refractivity contribution in [3.05, 3.63) is 41.0 Å². The molecule has 0 radical (unpaired) electrons. The number of rotatable bonds is 5. The number of aromatic carboxylic acids is 3. The number of amides is 1. The maximum absolute atomic E-state index is 11.6. The van der Waals surface area contributed by atoms with Crippen molar-refractivity contribution in [1.82, 2.24) is 0 Å². The second-order valence-electron chi connectivity index (χ2n) is 4.06. The maximum Gasteiger partial charge on any atom is 0.338 e. The number of hydrogen-bond acceptors (Lipinski definition) is 4. The predicted molar refractivity (Wildman–Crippen MR) is 70.8 cm³/mol. The molecule has 110 valence electrons. The van der Waals surface area contributed by atoms with Crippen LogP contribution in [0.2, 0.25) is 0 Å². The summed E-state index contributed by atoms with van der Waals surface area (Å²) in [5.41, 5.74) is -2.57. The van der Waals surface area contributed by atoms with Crippen LogP contribution in [-0.4, -0.2) is 39.1 Å². The van der Waals surface area contributed by atoms with E-state index in [1.807, 2.05) is 0 Å². The van der Waals surface area contributed by atoms with Crippen molar-refractivity contribution in [2.24, 2.45) is 0 Å². The van der Waals surface area contributed by atoms with Crippen molar-refractivity contribution in [2.45, 2.75) is 6.92 Å². The van der Waals surface area contributed by atoms with Crippen LogP contribution in [0.15, 0.2) is 24.3 Å². The Kier molecular flexibility index (Phi) is 4.44. The lowest BCUT2D eigenvalue weighted by Crippen LogP contribution is -2.20. The molecule has 0 unspecified atom stereocenters. The van der Waals surface area contributed by atoms with Crippen LogP contribution in [0.5, 0.6) is 0 Å². The monoisotopic (exact) mass is 293 g/mol. The Bertz CT molecular complexity index is 675. The zero-order valence-electron chi connectivity index (χ0n) is 10.8. The van der Waals surface area contributed by atoms with Crippen LogP contribution in [0.25, 0.3) is 0 Å². The van der Waals surface area contributed by atoms with Gasteiger partial charge in [0.1, 0.15) is 0 Å². The van der Waals surface area contributed by atoms with Gasteiger partial charge in [0.2, 0.25) is 0 Å². The van der Waals surface area contributed by atoms with Gasteiger partial charge in [-0.3, -0.25) is 4.79 Å². The van der Waals surface area contributed by atoms with Gasteiger partial charge in [-0.25, -0.2) is 14.4 Å². The standard InChI is InChI=1S/C13H11NO7/c1-5(2)10(15)14-9-7(12(18)19)4-3-6(11(16)17)8(9)13(20)21/h3-4H,1H2,2H3,(H,14,15)(H,16,17)(H,18,19)(H,20,21). The van der Waals surface area contributed by atoms with Crippen molar-refractivity contribution in [3.8, 4) is 0 Å². The van der Waals surface area contributed by atoms with E-state index in [-0.39, 0.29) is 5.57 Å². The maximum atomic E-state index is 11.6. The highest BCUT2D eigenvalue weighted by molar-refractivity contribution is 6.15. The Balaban J connectivity index is 3.67. The lowest BCUT2D eigenvalue weighted by molar-refractivity contribution is -0.112. The zero-order chi connectivity index (χ0) is 16.3. The first-order valence-corrected chi connectivity index (χ1v) is 5.50. The Morgan fingerprint density at radius 1 is 0.952 bits per heavy atom. The number of carboxylic acids is 3. The number of benzene rings is 1. The van der Waals surface area contributed by atoms with E-state index in [1.165, 1.54) is 6.92 Å². The van der Waals surface area contributed by atoms with E-state index >= 15 is 0 Å². The van der Waals surface area contributed by atoms with E-state index in [1.54, 1.807) is 0 Å². The average molecular weight is 293 g/mol. The minimum absolute atomic E-state index is 0.00315. The molecule has 0 spiro atoms. The van der Waals surface area contributed by atoms with Gasteiger partial charge in [0.15, 0.2) is 0 Å². The van der Waals surface area contributed by atoms with Crippen molar-refractivity contribution in [2.75, 3.05) is 5.32 Å². The van der Waals surface area contributed by atoms with Crippen LogP contribution < -0.4 is 5.32 Å². The number of carbonyl (C=O) groups excluding carboxylic acids is 1. The molecule has 0 fully saturated rings. The normalized spacial score (nSPS) is 9.76. The molecule has 0 bridgehead atoms. The quantitative estimate of drug-likeness (QED) is 0.599. The highest BCUT2D eigenvalue weighted by atomic mass is 16.4. The van der Waals surface area contributed by atoms with Crippen molar-refractivity contribution >= 4 is 29.5 Å². The van der Waals surface area contributed by atoms with Gasteiger partial charge in [0, 0.05) is 5.57 Å². The molecule has 0 saturated heterocycles. The second-order valence-corrected chi connectivity index (χ2v) is 4.06. The summed E-state index contributed by atoms with van der Waals surface area (Å²) in [5.74, 6) is -5.56. The summed E-state index contributed by atoms with van der Waals surface area (Å²) >= 11 is 0.